The molecule has 3 unspecified atom stereocenters. The number of benzene rings is 5. The zero-order valence-corrected chi connectivity index (χ0v) is 33.9. The van der Waals surface area contributed by atoms with Crippen molar-refractivity contribution < 1.29 is 129 Å². The van der Waals surface area contributed by atoms with E-state index in [1.807, 2.05) is 0 Å². The van der Waals surface area contributed by atoms with E-state index in [2.05, 4.69) is 0 Å². The number of rotatable bonds is 7. The fraction of sp³-hybridized carbons (Fsp3) is 0.167. The van der Waals surface area contributed by atoms with Gasteiger partial charge in [0.2, 0.25) is 23.9 Å². The molecule has 0 amide bonds. The molecule has 68 heavy (non-hydrogen) atoms. The summed E-state index contributed by atoms with van der Waals surface area (Å²) in [6, 6.07) is 4.52. The molecule has 7 rings (SSSR count). The summed E-state index contributed by atoms with van der Waals surface area (Å²) in [4.78, 5) is 70.1. The van der Waals surface area contributed by atoms with Crippen LogP contribution in [-0.2, 0) is 28.4 Å². The summed E-state index contributed by atoms with van der Waals surface area (Å²) in [7, 11) is 0.992. The van der Waals surface area contributed by atoms with Crippen molar-refractivity contribution in [2.45, 2.75) is 30.7 Å². The molecule has 0 radical (unpaired) electrons. The zero-order valence-electron chi connectivity index (χ0n) is 33.9. The van der Waals surface area contributed by atoms with E-state index in [1.54, 1.807) is 0 Å². The number of aromatic hydroxyl groups is 14. The third-order valence-electron chi connectivity index (χ3n) is 10.2. The van der Waals surface area contributed by atoms with Gasteiger partial charge < -0.3 is 105 Å². The molecule has 14 N–H and O–H groups in total. The number of carbonyl (C=O) groups is 5. The van der Waals surface area contributed by atoms with Gasteiger partial charge in [-0.25, -0.2) is 24.0 Å². The third kappa shape index (κ3) is 8.19. The van der Waals surface area contributed by atoms with Gasteiger partial charge >= 0.3 is 29.8 Å². The number of methoxy groups -OCH3 is 1. The van der Waals surface area contributed by atoms with Gasteiger partial charge in [0.25, 0.3) is 0 Å². The van der Waals surface area contributed by atoms with Crippen molar-refractivity contribution >= 4 is 29.8 Å². The molecule has 2 aliphatic rings. The lowest BCUT2D eigenvalue weighted by atomic mass is 9.91. The van der Waals surface area contributed by atoms with Crippen LogP contribution < -0.4 is 4.74 Å². The van der Waals surface area contributed by atoms with Crippen LogP contribution in [0.1, 0.15) is 51.8 Å². The predicted octanol–water partition coefficient (Wildman–Crippen LogP) is 1.97. The highest BCUT2D eigenvalue weighted by Gasteiger charge is 2.55. The molecule has 0 bridgehead atoms. The first kappa shape index (κ1) is 46.4. The fourth-order valence-corrected chi connectivity index (χ4v) is 6.92. The van der Waals surface area contributed by atoms with Gasteiger partial charge in [-0.05, 0) is 48.5 Å². The molecule has 5 aromatic rings. The van der Waals surface area contributed by atoms with Gasteiger partial charge in [-0.15, -0.1) is 0 Å². The molecule has 0 aromatic heterocycles. The van der Waals surface area contributed by atoms with Gasteiger partial charge in [-0.3, -0.25) is 0 Å². The van der Waals surface area contributed by atoms with Crippen molar-refractivity contribution in [1.82, 2.24) is 0 Å². The second-order valence-electron chi connectivity index (χ2n) is 14.5. The molecular weight excluding hydrogens is 920 g/mol. The maximum Gasteiger partial charge on any atom is 0.340 e. The molecule has 0 aliphatic carbocycles. The summed E-state index contributed by atoms with van der Waals surface area (Å²) < 4.78 is 38.7. The number of hydrogen-bond donors (Lipinski definition) is 14. The first-order valence-corrected chi connectivity index (χ1v) is 18.8. The lowest BCUT2D eigenvalue weighted by Crippen LogP contribution is -2.63. The predicted molar refractivity (Wildman–Crippen MR) is 213 cm³/mol. The summed E-state index contributed by atoms with van der Waals surface area (Å²) in [5, 5.41) is 145. The molecular formula is C42H32O26. The van der Waals surface area contributed by atoms with Crippen LogP contribution in [0.5, 0.6) is 86.2 Å². The van der Waals surface area contributed by atoms with E-state index in [4.69, 9.17) is 33.2 Å². The highest BCUT2D eigenvalue weighted by Crippen LogP contribution is 2.53. The molecule has 0 saturated carbocycles. The van der Waals surface area contributed by atoms with Crippen LogP contribution in [0.25, 0.3) is 11.1 Å². The maximum atomic E-state index is 14.5. The van der Waals surface area contributed by atoms with Gasteiger partial charge in [0, 0.05) is 11.1 Å². The average molecular weight is 953 g/mol. The van der Waals surface area contributed by atoms with Crippen LogP contribution in [0.15, 0.2) is 48.5 Å². The molecule has 2 aliphatic heterocycles. The van der Waals surface area contributed by atoms with Crippen molar-refractivity contribution in [2.75, 3.05) is 13.7 Å². The highest BCUT2D eigenvalue weighted by molar-refractivity contribution is 6.08. The number of phenols is 14. The number of ether oxygens (including phenoxy) is 7. The number of carbonyl (C=O) groups excluding carboxylic acids is 5. The Morgan fingerprint density at radius 3 is 1.34 bits per heavy atom. The van der Waals surface area contributed by atoms with E-state index in [9.17, 15) is 95.5 Å². The van der Waals surface area contributed by atoms with Crippen LogP contribution in [-0.4, -0.2) is 146 Å². The number of esters is 5. The van der Waals surface area contributed by atoms with E-state index in [0.29, 0.717) is 42.5 Å². The van der Waals surface area contributed by atoms with Crippen molar-refractivity contribution in [3.63, 3.8) is 0 Å². The van der Waals surface area contributed by atoms with Crippen LogP contribution in [0.4, 0.5) is 0 Å². The maximum absolute atomic E-state index is 14.5. The minimum Gasteiger partial charge on any atom is -0.504 e. The molecule has 5 atom stereocenters. The van der Waals surface area contributed by atoms with Crippen molar-refractivity contribution in [3.05, 3.63) is 76.3 Å². The fourth-order valence-electron chi connectivity index (χ4n) is 6.92. The van der Waals surface area contributed by atoms with E-state index in [0.717, 1.165) is 13.2 Å². The number of hydrogen-bond acceptors (Lipinski definition) is 26. The molecule has 0 spiro atoms. The van der Waals surface area contributed by atoms with Crippen molar-refractivity contribution in [3.8, 4) is 97.4 Å². The quantitative estimate of drug-likeness (QED) is 0.0630. The van der Waals surface area contributed by atoms with Gasteiger partial charge in [0.15, 0.2) is 87.0 Å². The Hall–Kier alpha value is -9.59. The van der Waals surface area contributed by atoms with Gasteiger partial charge in [-0.2, -0.15) is 0 Å². The number of cyclic esters (lactones) is 1. The standard InChI is InChI=1S/C42H32O26/c1-62-23-9-15-26(33(56)31(23)54)25-14(8-22(49)30(53)32(25)55)41(61)65-34-24(10-63-40(15)60)64-42(68-39(59)13-6-20(47)29(52)21(48)7-13)36(67-38(58)12-4-18(45)28(51)19(46)5-12)35(34)66-37(57)11-2-16(43)27(50)17(44)3-11/h2-9,24,34-36,42-56H,10H2,1H3/t24?,34-,35?,36?,42+/m1/s1. The van der Waals surface area contributed by atoms with Crippen LogP contribution in [0, 0.1) is 0 Å². The van der Waals surface area contributed by atoms with Gasteiger partial charge in [0.05, 0.1) is 34.9 Å². The van der Waals surface area contributed by atoms with Gasteiger partial charge in [0.1, 0.15) is 12.7 Å². The number of fused-ring (bicyclic) bond motifs is 4. The van der Waals surface area contributed by atoms with E-state index >= 15 is 0 Å². The number of phenolic OH excluding ortho intramolecular Hbond substituents is 14. The summed E-state index contributed by atoms with van der Waals surface area (Å²) in [5.41, 5.74) is -6.26. The molecule has 1 saturated heterocycles. The summed E-state index contributed by atoms with van der Waals surface area (Å²) in [5.74, 6) is -25.1. The molecule has 2 heterocycles. The largest absolute Gasteiger partial charge is 0.504 e. The van der Waals surface area contributed by atoms with Gasteiger partial charge in [-0.1, -0.05) is 0 Å². The highest BCUT2D eigenvalue weighted by atomic mass is 16.7. The topological polar surface area (TPSA) is 433 Å². The van der Waals surface area contributed by atoms with E-state index < -0.39 is 192 Å². The average Bonchev–Trinajstić information content (AvgIpc) is 3.30. The molecule has 26 heteroatoms. The minimum atomic E-state index is -2.54. The molecule has 1 fully saturated rings. The second kappa shape index (κ2) is 17.4. The normalized spacial score (nSPS) is 18.8. The lowest BCUT2D eigenvalue weighted by Gasteiger charge is -2.43. The van der Waals surface area contributed by atoms with Crippen LogP contribution >= 0.6 is 0 Å². The molecule has 26 nitrogen and oxygen atoms in total. The van der Waals surface area contributed by atoms with Crippen LogP contribution in [0.2, 0.25) is 0 Å². The Morgan fingerprint density at radius 1 is 0.485 bits per heavy atom. The smallest absolute Gasteiger partial charge is 0.340 e. The first-order chi connectivity index (χ1) is 32.0. The summed E-state index contributed by atoms with van der Waals surface area (Å²) in [6.07, 6.45) is -12.1. The Balaban J connectivity index is 1.45. The Labute approximate surface area is 376 Å². The van der Waals surface area contributed by atoms with Crippen LogP contribution in [0.3, 0.4) is 0 Å². The monoisotopic (exact) mass is 952 g/mol. The lowest BCUT2D eigenvalue weighted by molar-refractivity contribution is -0.282. The second-order valence-corrected chi connectivity index (χ2v) is 14.5. The first-order valence-electron chi connectivity index (χ1n) is 18.8. The third-order valence-corrected chi connectivity index (χ3v) is 10.2. The van der Waals surface area contributed by atoms with E-state index in [1.165, 1.54) is 0 Å². The summed E-state index contributed by atoms with van der Waals surface area (Å²) in [6.45, 7) is -1.22. The Kier molecular flexibility index (Phi) is 11.9. The molecule has 356 valence electrons. The summed E-state index contributed by atoms with van der Waals surface area (Å²) >= 11 is 0. The van der Waals surface area contributed by atoms with Crippen molar-refractivity contribution in [1.29, 1.82) is 0 Å². The zero-order chi connectivity index (χ0) is 49.8. The SMILES string of the molecule is COc1cc2c(c(O)c1O)-c1c(cc(O)c(O)c1O)C(=O)O[C@@H]1C(COC2=O)O[C@@H](OC(=O)c2cc(O)c(O)c(O)c2)C(OC(=O)c2cc(O)c(O)c(O)c2)C1OC(=O)c1cc(O)c(O)c(O)c1. The molecule has 5 aromatic carbocycles. The Bertz CT molecular complexity index is 2890. The minimum absolute atomic E-state index is 0.441. The van der Waals surface area contributed by atoms with Crippen molar-refractivity contribution in [2.24, 2.45) is 0 Å². The van der Waals surface area contributed by atoms with E-state index in [-0.39, 0.29) is 0 Å². The Morgan fingerprint density at radius 2 is 0.882 bits per heavy atom.